The number of phenols is 1. The molecule has 0 aromatic heterocycles. The first kappa shape index (κ1) is 20.0. The number of hydrogen-bond acceptors (Lipinski definition) is 5. The number of anilines is 1. The maximum Gasteiger partial charge on any atom is 0.416 e. The van der Waals surface area contributed by atoms with Gasteiger partial charge in [-0.15, -0.1) is 0 Å². The second-order valence-electron chi connectivity index (χ2n) is 5.00. The molecule has 0 bridgehead atoms. The number of hydrogen-bond donors (Lipinski definition) is 2. The maximum absolute atomic E-state index is 12.9. The summed E-state index contributed by atoms with van der Waals surface area (Å²) in [6.07, 6.45) is -4.73. The monoisotopic (exact) mass is 453 g/mol. The molecule has 0 saturated heterocycles. The molecule has 26 heavy (non-hydrogen) atoms. The van der Waals surface area contributed by atoms with Gasteiger partial charge in [-0.1, -0.05) is 15.9 Å². The Morgan fingerprint density at radius 3 is 2.38 bits per heavy atom. The number of carbonyl (C=O) groups excluding carboxylic acids is 1. The Hall–Kier alpha value is -2.27. The second kappa shape index (κ2) is 7.16. The van der Waals surface area contributed by atoms with Crippen molar-refractivity contribution in [2.24, 2.45) is 0 Å². The third kappa shape index (κ3) is 4.47. The van der Waals surface area contributed by atoms with Gasteiger partial charge in [-0.3, -0.25) is 4.72 Å². The van der Waals surface area contributed by atoms with Crippen LogP contribution < -0.4 is 4.72 Å². The summed E-state index contributed by atoms with van der Waals surface area (Å²) in [6.45, 7) is 0. The molecular weight excluding hydrogens is 443 g/mol. The molecule has 2 aromatic carbocycles. The molecule has 0 amide bonds. The zero-order valence-electron chi connectivity index (χ0n) is 13.0. The molecule has 0 aliphatic carbocycles. The van der Waals surface area contributed by atoms with Crippen LogP contribution in [0.15, 0.2) is 45.8 Å². The highest BCUT2D eigenvalue weighted by Gasteiger charge is 2.32. The number of carbonyl (C=O) groups is 1. The van der Waals surface area contributed by atoms with Crippen LogP contribution in [-0.4, -0.2) is 26.6 Å². The minimum Gasteiger partial charge on any atom is -0.507 e. The molecule has 0 heterocycles. The van der Waals surface area contributed by atoms with E-state index in [1.54, 1.807) is 0 Å². The maximum atomic E-state index is 12.9. The summed E-state index contributed by atoms with van der Waals surface area (Å²) in [5.41, 5.74) is -1.49. The van der Waals surface area contributed by atoms with E-state index >= 15 is 0 Å². The number of phenolic OH excluding ortho intramolecular Hbond substituents is 1. The summed E-state index contributed by atoms with van der Waals surface area (Å²) in [5, 5.41) is 9.76. The summed E-state index contributed by atoms with van der Waals surface area (Å²) in [5.74, 6) is -1.39. The van der Waals surface area contributed by atoms with Crippen LogP contribution in [0.2, 0.25) is 0 Å². The van der Waals surface area contributed by atoms with Crippen molar-refractivity contribution in [2.75, 3.05) is 11.8 Å². The van der Waals surface area contributed by atoms with Crippen molar-refractivity contribution in [3.8, 4) is 5.75 Å². The number of alkyl halides is 3. The van der Waals surface area contributed by atoms with Gasteiger partial charge in [0.25, 0.3) is 10.0 Å². The highest BCUT2D eigenvalue weighted by atomic mass is 79.9. The minimum atomic E-state index is -4.73. The fourth-order valence-electron chi connectivity index (χ4n) is 1.97. The van der Waals surface area contributed by atoms with Crippen LogP contribution in [0, 0.1) is 0 Å². The number of methoxy groups -OCH3 is 1. The van der Waals surface area contributed by atoms with Crippen LogP contribution in [0.5, 0.6) is 5.75 Å². The van der Waals surface area contributed by atoms with Crippen molar-refractivity contribution in [2.45, 2.75) is 11.1 Å². The number of sulfonamides is 1. The second-order valence-corrected chi connectivity index (χ2v) is 7.60. The number of nitrogens with one attached hydrogen (secondary N) is 1. The summed E-state index contributed by atoms with van der Waals surface area (Å²) in [6, 6.07) is 5.44. The molecule has 0 fully saturated rings. The number of benzene rings is 2. The largest absolute Gasteiger partial charge is 0.507 e. The molecule has 0 radical (unpaired) electrons. The molecule has 0 unspecified atom stereocenters. The number of aromatic hydroxyl groups is 1. The van der Waals surface area contributed by atoms with E-state index < -0.39 is 38.4 Å². The van der Waals surface area contributed by atoms with Crippen molar-refractivity contribution < 1.29 is 36.2 Å². The van der Waals surface area contributed by atoms with Crippen molar-refractivity contribution in [3.05, 3.63) is 52.0 Å². The van der Waals surface area contributed by atoms with Crippen molar-refractivity contribution >= 4 is 37.6 Å². The standard InChI is InChI=1S/C15H11BrF3NO5S/c1-25-14(22)12-3-2-10(7-13(12)21)20-26(23,24)11-5-8(15(17,18)19)4-9(16)6-11/h2-7,20-21H,1H3. The lowest BCUT2D eigenvalue weighted by Crippen LogP contribution is -2.15. The van der Waals surface area contributed by atoms with Crippen molar-refractivity contribution in [1.82, 2.24) is 0 Å². The van der Waals surface area contributed by atoms with E-state index in [1.807, 2.05) is 4.72 Å². The molecule has 0 spiro atoms. The van der Waals surface area contributed by atoms with E-state index in [0.717, 1.165) is 37.4 Å². The molecule has 2 N–H and O–H groups in total. The molecular formula is C15H11BrF3NO5S. The predicted octanol–water partition coefficient (Wildman–Crippen LogP) is 3.76. The van der Waals surface area contributed by atoms with Crippen LogP contribution in [0.1, 0.15) is 15.9 Å². The van der Waals surface area contributed by atoms with Gasteiger partial charge >= 0.3 is 12.1 Å². The molecule has 0 atom stereocenters. The van der Waals surface area contributed by atoms with Gasteiger partial charge in [-0.2, -0.15) is 13.2 Å². The van der Waals surface area contributed by atoms with Gasteiger partial charge in [0.2, 0.25) is 0 Å². The molecule has 2 aromatic rings. The van der Waals surface area contributed by atoms with E-state index in [-0.39, 0.29) is 15.7 Å². The van der Waals surface area contributed by atoms with E-state index in [4.69, 9.17) is 0 Å². The van der Waals surface area contributed by atoms with E-state index in [2.05, 4.69) is 20.7 Å². The Kier molecular flexibility index (Phi) is 5.52. The van der Waals surface area contributed by atoms with Gasteiger partial charge in [0.15, 0.2) is 0 Å². The van der Waals surface area contributed by atoms with Gasteiger partial charge in [-0.05, 0) is 30.3 Å². The number of esters is 1. The van der Waals surface area contributed by atoms with E-state index in [9.17, 15) is 31.5 Å². The average molecular weight is 454 g/mol. The van der Waals surface area contributed by atoms with Gasteiger partial charge in [-0.25, -0.2) is 13.2 Å². The SMILES string of the molecule is COC(=O)c1ccc(NS(=O)(=O)c2cc(Br)cc(C(F)(F)F)c2)cc1O. The van der Waals surface area contributed by atoms with Crippen LogP contribution in [-0.2, 0) is 20.9 Å². The summed E-state index contributed by atoms with van der Waals surface area (Å²) >= 11 is 2.84. The highest BCUT2D eigenvalue weighted by Crippen LogP contribution is 2.33. The van der Waals surface area contributed by atoms with Crippen LogP contribution in [0.25, 0.3) is 0 Å². The molecule has 11 heteroatoms. The molecule has 0 aliphatic heterocycles. The molecule has 6 nitrogen and oxygen atoms in total. The summed E-state index contributed by atoms with van der Waals surface area (Å²) < 4.78 is 69.7. The lowest BCUT2D eigenvalue weighted by atomic mass is 10.2. The molecule has 0 saturated carbocycles. The minimum absolute atomic E-state index is 0.0726. The Labute approximate surface area is 154 Å². The predicted molar refractivity (Wildman–Crippen MR) is 89.4 cm³/mol. The van der Waals surface area contributed by atoms with Crippen LogP contribution in [0.3, 0.4) is 0 Å². The Balaban J connectivity index is 2.39. The van der Waals surface area contributed by atoms with Crippen molar-refractivity contribution in [1.29, 1.82) is 0 Å². The molecule has 0 aliphatic rings. The molecule has 140 valence electrons. The van der Waals surface area contributed by atoms with Gasteiger partial charge in [0.1, 0.15) is 11.3 Å². The third-order valence-electron chi connectivity index (χ3n) is 3.16. The van der Waals surface area contributed by atoms with Crippen LogP contribution >= 0.6 is 15.9 Å². The van der Waals surface area contributed by atoms with Gasteiger partial charge < -0.3 is 9.84 Å². The summed E-state index contributed by atoms with van der Waals surface area (Å²) in [7, 11) is -3.28. The van der Waals surface area contributed by atoms with E-state index in [0.29, 0.717) is 6.07 Å². The van der Waals surface area contributed by atoms with Gasteiger partial charge in [0.05, 0.1) is 23.3 Å². The highest BCUT2D eigenvalue weighted by molar-refractivity contribution is 9.10. The van der Waals surface area contributed by atoms with Crippen molar-refractivity contribution in [3.63, 3.8) is 0 Å². The smallest absolute Gasteiger partial charge is 0.416 e. The quantitative estimate of drug-likeness (QED) is 0.687. The lowest BCUT2D eigenvalue weighted by Gasteiger charge is -2.13. The third-order valence-corrected chi connectivity index (χ3v) is 4.98. The first-order chi connectivity index (χ1) is 11.9. The van der Waals surface area contributed by atoms with Crippen LogP contribution in [0.4, 0.5) is 18.9 Å². The van der Waals surface area contributed by atoms with E-state index in [1.165, 1.54) is 0 Å². The first-order valence-electron chi connectivity index (χ1n) is 6.76. The zero-order chi connectivity index (χ0) is 19.7. The lowest BCUT2D eigenvalue weighted by molar-refractivity contribution is -0.137. The topological polar surface area (TPSA) is 92.7 Å². The van der Waals surface area contributed by atoms with Gasteiger partial charge in [0, 0.05) is 10.5 Å². The fraction of sp³-hybridized carbons (Fsp3) is 0.133. The number of ether oxygens (including phenoxy) is 1. The fourth-order valence-corrected chi connectivity index (χ4v) is 3.74. The Bertz CT molecular complexity index is 960. The number of rotatable bonds is 4. The summed E-state index contributed by atoms with van der Waals surface area (Å²) in [4.78, 5) is 10.8. The Morgan fingerprint density at radius 1 is 1.19 bits per heavy atom. The first-order valence-corrected chi connectivity index (χ1v) is 9.03. The zero-order valence-corrected chi connectivity index (χ0v) is 15.4. The average Bonchev–Trinajstić information content (AvgIpc) is 2.52. The number of halogens is 4. The normalized spacial score (nSPS) is 11.9. The Morgan fingerprint density at radius 2 is 1.85 bits per heavy atom. The molecule has 2 rings (SSSR count).